The smallest absolute Gasteiger partial charge is 0.375 e. The molecule has 2 aromatic heterocycles. The number of nitrogens with one attached hydrogen (secondary N) is 2. The summed E-state index contributed by atoms with van der Waals surface area (Å²) >= 11 is 0. The predicted octanol–water partition coefficient (Wildman–Crippen LogP) is -0.906. The number of carboxylic acids is 1. The van der Waals surface area contributed by atoms with Crippen molar-refractivity contribution in [2.24, 2.45) is 0 Å². The first kappa shape index (κ1) is 12.3. The Morgan fingerprint density at radius 2 is 1.71 bits per heavy atom. The molecule has 0 spiro atoms. The number of nitrogens with zero attached hydrogens (tertiary/aromatic N) is 4. The molecule has 0 aliphatic carbocycles. The summed E-state index contributed by atoms with van der Waals surface area (Å²) in [5.74, 6) is -1.61. The number of carboxylic acid groups (broad SMARTS) is 1. The Labute approximate surface area is 94.1 Å². The number of hydrogen-bond acceptors (Lipinski definition) is 7. The molecule has 10 heteroatoms. The second-order valence-electron chi connectivity index (χ2n) is 2.46. The molecular weight excluding hydrogens is 232 g/mol. The second-order valence-corrected chi connectivity index (χ2v) is 2.46. The first-order valence-electron chi connectivity index (χ1n) is 4.17. The topological polar surface area (TPSA) is 147 Å². The third-order valence-corrected chi connectivity index (χ3v) is 1.41. The molecule has 0 aromatic carbocycles. The Morgan fingerprint density at radius 1 is 1.18 bits per heavy atom. The summed E-state index contributed by atoms with van der Waals surface area (Å²) in [4.78, 5) is 27.3. The molecule has 0 amide bonds. The average Bonchev–Trinajstić information content (AvgIpc) is 3.01. The molecule has 0 unspecified atom stereocenters. The van der Waals surface area contributed by atoms with Gasteiger partial charge in [-0.15, -0.1) is 0 Å². The zero-order valence-corrected chi connectivity index (χ0v) is 8.62. The minimum atomic E-state index is -1.09. The summed E-state index contributed by atoms with van der Waals surface area (Å²) in [6, 6.07) is 0. The zero-order chi connectivity index (χ0) is 12.7. The lowest BCUT2D eigenvalue weighted by atomic mass is 10.6. The van der Waals surface area contributed by atoms with Gasteiger partial charge in [0.25, 0.3) is 0 Å². The number of hydrogen-bond donors (Lipinski definition) is 3. The number of rotatable bonds is 2. The summed E-state index contributed by atoms with van der Waals surface area (Å²) in [5, 5.41) is 19.4. The van der Waals surface area contributed by atoms with Gasteiger partial charge < -0.3 is 9.84 Å². The number of carbonyl (C=O) groups excluding carboxylic acids is 1. The highest BCUT2D eigenvalue weighted by molar-refractivity contribution is 5.84. The van der Waals surface area contributed by atoms with Crippen molar-refractivity contribution in [1.82, 2.24) is 30.4 Å². The lowest BCUT2D eigenvalue weighted by molar-refractivity contribution is 0.0586. The van der Waals surface area contributed by atoms with E-state index in [-0.39, 0.29) is 11.6 Å². The molecule has 2 aromatic rings. The largest absolute Gasteiger partial charge is 0.475 e. The quantitative estimate of drug-likeness (QED) is 0.571. The van der Waals surface area contributed by atoms with E-state index in [0.717, 1.165) is 6.33 Å². The molecule has 0 saturated heterocycles. The van der Waals surface area contributed by atoms with Gasteiger partial charge in [0.2, 0.25) is 11.6 Å². The molecule has 2 rings (SSSR count). The Morgan fingerprint density at radius 3 is 2.00 bits per heavy atom. The maximum Gasteiger partial charge on any atom is 0.375 e. The van der Waals surface area contributed by atoms with Gasteiger partial charge in [-0.1, -0.05) is 0 Å². The summed E-state index contributed by atoms with van der Waals surface area (Å²) in [6.45, 7) is 0. The average molecular weight is 240 g/mol. The predicted molar refractivity (Wildman–Crippen MR) is 51.1 cm³/mol. The van der Waals surface area contributed by atoms with Gasteiger partial charge in [0.15, 0.2) is 0 Å². The minimum absolute atomic E-state index is 0.123. The number of methoxy groups -OCH3 is 1. The van der Waals surface area contributed by atoms with E-state index >= 15 is 0 Å². The van der Waals surface area contributed by atoms with Gasteiger partial charge in [-0.05, 0) is 0 Å². The van der Waals surface area contributed by atoms with E-state index < -0.39 is 11.9 Å². The van der Waals surface area contributed by atoms with Crippen molar-refractivity contribution in [3.63, 3.8) is 0 Å². The molecule has 3 N–H and O–H groups in total. The van der Waals surface area contributed by atoms with Crippen LogP contribution >= 0.6 is 0 Å². The summed E-state index contributed by atoms with van der Waals surface area (Å²) in [7, 11) is 1.28. The van der Waals surface area contributed by atoms with Crippen LogP contribution in [0.25, 0.3) is 0 Å². The van der Waals surface area contributed by atoms with E-state index in [1.165, 1.54) is 13.4 Å². The summed E-state index contributed by atoms with van der Waals surface area (Å²) in [5.41, 5.74) is 0. The highest BCUT2D eigenvalue weighted by Gasteiger charge is 2.05. The van der Waals surface area contributed by atoms with E-state index in [1.54, 1.807) is 0 Å². The second kappa shape index (κ2) is 5.95. The maximum atomic E-state index is 10.5. The van der Waals surface area contributed by atoms with Crippen molar-refractivity contribution in [1.29, 1.82) is 0 Å². The molecule has 2 heterocycles. The van der Waals surface area contributed by atoms with E-state index in [4.69, 9.17) is 5.11 Å². The minimum Gasteiger partial charge on any atom is -0.475 e. The Balaban J connectivity index is 0.000000171. The number of aromatic nitrogens is 6. The van der Waals surface area contributed by atoms with Crippen molar-refractivity contribution >= 4 is 11.9 Å². The first-order chi connectivity index (χ1) is 8.15. The van der Waals surface area contributed by atoms with Crippen molar-refractivity contribution in [2.75, 3.05) is 7.11 Å². The van der Waals surface area contributed by atoms with E-state index in [9.17, 15) is 9.59 Å². The molecule has 0 aliphatic rings. The first-order valence-corrected chi connectivity index (χ1v) is 4.17. The standard InChI is InChI=1S/C4H5N3O2.C3H3N3O2/c1-9-4(8)3-5-2-6-7-3;7-3(8)2-4-1-5-6-2/h2H,1H3,(H,5,6,7);1H,(H,7,8)(H,4,5,6). The van der Waals surface area contributed by atoms with Crippen LogP contribution in [0.15, 0.2) is 12.7 Å². The lowest BCUT2D eigenvalue weighted by Crippen LogP contribution is -2.02. The number of esters is 1. The van der Waals surface area contributed by atoms with Gasteiger partial charge in [0, 0.05) is 0 Å². The normalized spacial score (nSPS) is 9.00. The third-order valence-electron chi connectivity index (χ3n) is 1.41. The van der Waals surface area contributed by atoms with Gasteiger partial charge in [0.05, 0.1) is 7.11 Å². The van der Waals surface area contributed by atoms with Crippen LogP contribution in [0.5, 0.6) is 0 Å². The molecule has 10 nitrogen and oxygen atoms in total. The summed E-state index contributed by atoms with van der Waals surface area (Å²) in [6.07, 6.45) is 2.38. The van der Waals surface area contributed by atoms with Crippen LogP contribution in [0.3, 0.4) is 0 Å². The fourth-order valence-electron chi connectivity index (χ4n) is 0.709. The molecule has 0 saturated carbocycles. The molecule has 0 bridgehead atoms. The number of aromatic carboxylic acids is 1. The van der Waals surface area contributed by atoms with E-state index in [2.05, 4.69) is 35.1 Å². The lowest BCUT2D eigenvalue weighted by Gasteiger charge is -1.88. The van der Waals surface area contributed by atoms with Gasteiger partial charge in [-0.25, -0.2) is 19.6 Å². The fourth-order valence-corrected chi connectivity index (χ4v) is 0.709. The molecule has 0 aliphatic heterocycles. The molecule has 0 atom stereocenters. The Bertz CT molecular complexity index is 465. The van der Waals surface area contributed by atoms with Gasteiger partial charge >= 0.3 is 11.9 Å². The van der Waals surface area contributed by atoms with Crippen LogP contribution < -0.4 is 0 Å². The van der Waals surface area contributed by atoms with Crippen molar-refractivity contribution in [3.05, 3.63) is 24.3 Å². The van der Waals surface area contributed by atoms with Crippen LogP contribution in [-0.4, -0.2) is 54.5 Å². The van der Waals surface area contributed by atoms with Crippen molar-refractivity contribution in [2.45, 2.75) is 0 Å². The van der Waals surface area contributed by atoms with Crippen molar-refractivity contribution in [3.8, 4) is 0 Å². The molecule has 90 valence electrons. The molecule has 0 radical (unpaired) electrons. The third kappa shape index (κ3) is 3.70. The maximum absolute atomic E-state index is 10.5. The van der Waals surface area contributed by atoms with Crippen LogP contribution in [0, 0.1) is 0 Å². The van der Waals surface area contributed by atoms with Gasteiger partial charge in [0.1, 0.15) is 12.7 Å². The monoisotopic (exact) mass is 240 g/mol. The van der Waals surface area contributed by atoms with Gasteiger partial charge in [-0.2, -0.15) is 10.2 Å². The van der Waals surface area contributed by atoms with Crippen LogP contribution in [0.1, 0.15) is 21.2 Å². The molecular formula is C7H8N6O4. The highest BCUT2D eigenvalue weighted by atomic mass is 16.5. The number of H-pyrrole nitrogens is 2. The van der Waals surface area contributed by atoms with Crippen LogP contribution in [-0.2, 0) is 4.74 Å². The van der Waals surface area contributed by atoms with Crippen molar-refractivity contribution < 1.29 is 19.4 Å². The summed E-state index contributed by atoms with van der Waals surface area (Å²) < 4.78 is 4.32. The number of ether oxygens (including phenoxy) is 1. The molecule has 17 heavy (non-hydrogen) atoms. The van der Waals surface area contributed by atoms with E-state index in [1.807, 2.05) is 0 Å². The fraction of sp³-hybridized carbons (Fsp3) is 0.143. The zero-order valence-electron chi connectivity index (χ0n) is 8.62. The Hall–Kier alpha value is -2.78. The Kier molecular flexibility index (Phi) is 4.30. The number of carbonyl (C=O) groups is 2. The number of aromatic amines is 2. The van der Waals surface area contributed by atoms with Gasteiger partial charge in [-0.3, -0.25) is 10.2 Å². The molecule has 0 fully saturated rings. The highest BCUT2D eigenvalue weighted by Crippen LogP contribution is 1.86. The van der Waals surface area contributed by atoms with Crippen LogP contribution in [0.4, 0.5) is 0 Å². The van der Waals surface area contributed by atoms with E-state index in [0.29, 0.717) is 0 Å². The SMILES string of the molecule is COC(=O)c1ncn[nH]1.O=C(O)c1ncn[nH]1. The van der Waals surface area contributed by atoms with Crippen LogP contribution in [0.2, 0.25) is 0 Å².